The lowest BCUT2D eigenvalue weighted by Gasteiger charge is -2.38. The van der Waals surface area contributed by atoms with Gasteiger partial charge >= 0.3 is 0 Å². The molecule has 0 spiro atoms. The van der Waals surface area contributed by atoms with Crippen LogP contribution in [0.15, 0.2) is 30.3 Å². The van der Waals surface area contributed by atoms with Gasteiger partial charge in [0, 0.05) is 18.5 Å². The lowest BCUT2D eigenvalue weighted by Crippen LogP contribution is -2.54. The summed E-state index contributed by atoms with van der Waals surface area (Å²) in [6.45, 7) is 0.636. The monoisotopic (exact) mass is 246 g/mol. The summed E-state index contributed by atoms with van der Waals surface area (Å²) >= 11 is 0. The van der Waals surface area contributed by atoms with Crippen molar-refractivity contribution in [3.8, 4) is 0 Å². The van der Waals surface area contributed by atoms with Gasteiger partial charge in [-0.2, -0.15) is 0 Å². The van der Waals surface area contributed by atoms with E-state index in [1.165, 1.54) is 12.0 Å². The number of carbonyl (C=O) groups excluding carboxylic acids is 1. The molecule has 0 radical (unpaired) electrons. The lowest BCUT2D eigenvalue weighted by molar-refractivity contribution is -0.121. The molecule has 0 saturated heterocycles. The Labute approximate surface area is 109 Å². The van der Waals surface area contributed by atoms with E-state index in [0.717, 1.165) is 25.7 Å². The highest BCUT2D eigenvalue weighted by Gasteiger charge is 2.32. The first-order valence-corrected chi connectivity index (χ1v) is 6.77. The number of hydrogen-bond donors (Lipinski definition) is 2. The van der Waals surface area contributed by atoms with E-state index < -0.39 is 0 Å². The SMILES string of the molecule is NC1(CNC(=O)CCCc2ccccc2)CCC1. The number of hydrogen-bond acceptors (Lipinski definition) is 2. The summed E-state index contributed by atoms with van der Waals surface area (Å²) in [6.07, 6.45) is 5.72. The van der Waals surface area contributed by atoms with Crippen LogP contribution in [0.25, 0.3) is 0 Å². The van der Waals surface area contributed by atoms with Gasteiger partial charge in [0.05, 0.1) is 0 Å². The van der Waals surface area contributed by atoms with Crippen LogP contribution in [0.1, 0.15) is 37.7 Å². The Hall–Kier alpha value is -1.35. The molecule has 1 aliphatic rings. The fourth-order valence-electron chi connectivity index (χ4n) is 2.27. The van der Waals surface area contributed by atoms with Gasteiger partial charge in [-0.25, -0.2) is 0 Å². The van der Waals surface area contributed by atoms with E-state index in [1.54, 1.807) is 0 Å². The molecule has 0 aromatic heterocycles. The number of nitrogens with one attached hydrogen (secondary N) is 1. The van der Waals surface area contributed by atoms with Crippen molar-refractivity contribution in [2.24, 2.45) is 5.73 Å². The Kier molecular flexibility index (Phi) is 4.37. The fraction of sp³-hybridized carbons (Fsp3) is 0.533. The average molecular weight is 246 g/mol. The Morgan fingerprint density at radius 2 is 2.00 bits per heavy atom. The third-order valence-electron chi connectivity index (χ3n) is 3.70. The van der Waals surface area contributed by atoms with Crippen molar-refractivity contribution in [3.05, 3.63) is 35.9 Å². The summed E-state index contributed by atoms with van der Waals surface area (Å²) in [5.41, 5.74) is 7.23. The highest BCUT2D eigenvalue weighted by molar-refractivity contribution is 5.75. The summed E-state index contributed by atoms with van der Waals surface area (Å²) in [4.78, 5) is 11.7. The molecule has 1 aliphatic carbocycles. The number of carbonyl (C=O) groups is 1. The van der Waals surface area contributed by atoms with Crippen LogP contribution >= 0.6 is 0 Å². The Bertz CT molecular complexity index is 385. The van der Waals surface area contributed by atoms with Crippen LogP contribution in [-0.4, -0.2) is 18.0 Å². The van der Waals surface area contributed by atoms with Gasteiger partial charge in [-0.3, -0.25) is 4.79 Å². The van der Waals surface area contributed by atoms with E-state index in [1.807, 2.05) is 18.2 Å². The predicted molar refractivity (Wildman–Crippen MR) is 73.2 cm³/mol. The molecule has 1 fully saturated rings. The third kappa shape index (κ3) is 3.84. The molecule has 1 amide bonds. The summed E-state index contributed by atoms with van der Waals surface area (Å²) in [5.74, 6) is 0.127. The smallest absolute Gasteiger partial charge is 0.220 e. The zero-order valence-corrected chi connectivity index (χ0v) is 10.8. The molecule has 98 valence electrons. The Balaban J connectivity index is 1.60. The van der Waals surface area contributed by atoms with Gasteiger partial charge in [-0.05, 0) is 37.7 Å². The zero-order chi connectivity index (χ0) is 12.8. The number of aryl methyl sites for hydroxylation is 1. The zero-order valence-electron chi connectivity index (χ0n) is 10.8. The number of rotatable bonds is 6. The van der Waals surface area contributed by atoms with E-state index >= 15 is 0 Å². The maximum absolute atomic E-state index is 11.7. The minimum Gasteiger partial charge on any atom is -0.354 e. The Morgan fingerprint density at radius 3 is 2.61 bits per heavy atom. The van der Waals surface area contributed by atoms with E-state index in [4.69, 9.17) is 5.73 Å². The topological polar surface area (TPSA) is 55.1 Å². The van der Waals surface area contributed by atoms with E-state index in [0.29, 0.717) is 13.0 Å². The maximum atomic E-state index is 11.7. The van der Waals surface area contributed by atoms with Crippen molar-refractivity contribution >= 4 is 5.91 Å². The highest BCUT2D eigenvalue weighted by Crippen LogP contribution is 2.27. The number of nitrogens with two attached hydrogens (primary N) is 1. The minimum atomic E-state index is -0.116. The van der Waals surface area contributed by atoms with Crippen LogP contribution in [0.3, 0.4) is 0 Å². The molecule has 3 N–H and O–H groups in total. The molecule has 0 heterocycles. The molecular formula is C15H22N2O. The molecule has 18 heavy (non-hydrogen) atoms. The number of amides is 1. The van der Waals surface area contributed by atoms with Crippen LogP contribution in [0.4, 0.5) is 0 Å². The van der Waals surface area contributed by atoms with Crippen molar-refractivity contribution in [1.29, 1.82) is 0 Å². The second kappa shape index (κ2) is 6.01. The fourth-order valence-corrected chi connectivity index (χ4v) is 2.27. The summed E-state index contributed by atoms with van der Waals surface area (Å²) in [7, 11) is 0. The van der Waals surface area contributed by atoms with Crippen molar-refractivity contribution in [2.45, 2.75) is 44.1 Å². The average Bonchev–Trinajstić information content (AvgIpc) is 2.35. The molecular weight excluding hydrogens is 224 g/mol. The second-order valence-corrected chi connectivity index (χ2v) is 5.33. The van der Waals surface area contributed by atoms with Crippen molar-refractivity contribution < 1.29 is 4.79 Å². The first-order chi connectivity index (χ1) is 8.68. The van der Waals surface area contributed by atoms with Crippen LogP contribution in [0.5, 0.6) is 0 Å². The first-order valence-electron chi connectivity index (χ1n) is 6.77. The van der Waals surface area contributed by atoms with E-state index in [-0.39, 0.29) is 11.4 Å². The number of benzene rings is 1. The van der Waals surface area contributed by atoms with Gasteiger partial charge in [-0.15, -0.1) is 0 Å². The van der Waals surface area contributed by atoms with Gasteiger partial charge in [-0.1, -0.05) is 30.3 Å². The van der Waals surface area contributed by atoms with Gasteiger partial charge < -0.3 is 11.1 Å². The molecule has 0 unspecified atom stereocenters. The van der Waals surface area contributed by atoms with Crippen LogP contribution in [0.2, 0.25) is 0 Å². The van der Waals surface area contributed by atoms with Crippen LogP contribution in [0, 0.1) is 0 Å². The minimum absolute atomic E-state index is 0.116. The highest BCUT2D eigenvalue weighted by atomic mass is 16.1. The summed E-state index contributed by atoms with van der Waals surface area (Å²) in [6, 6.07) is 10.3. The quantitative estimate of drug-likeness (QED) is 0.806. The molecule has 0 atom stereocenters. The van der Waals surface area contributed by atoms with Crippen molar-refractivity contribution in [1.82, 2.24) is 5.32 Å². The first kappa shape index (κ1) is 13.1. The third-order valence-corrected chi connectivity index (χ3v) is 3.70. The van der Waals surface area contributed by atoms with Crippen LogP contribution in [-0.2, 0) is 11.2 Å². The molecule has 1 aromatic rings. The van der Waals surface area contributed by atoms with E-state index in [9.17, 15) is 4.79 Å². The van der Waals surface area contributed by atoms with Gasteiger partial charge in [0.2, 0.25) is 5.91 Å². The molecule has 0 aliphatic heterocycles. The van der Waals surface area contributed by atoms with Gasteiger partial charge in [0.25, 0.3) is 0 Å². The summed E-state index contributed by atoms with van der Waals surface area (Å²) in [5, 5.41) is 2.95. The van der Waals surface area contributed by atoms with Crippen molar-refractivity contribution in [2.75, 3.05) is 6.54 Å². The molecule has 1 saturated carbocycles. The molecule has 0 bridgehead atoms. The van der Waals surface area contributed by atoms with Crippen LogP contribution < -0.4 is 11.1 Å². The van der Waals surface area contributed by atoms with Gasteiger partial charge in [0.15, 0.2) is 0 Å². The van der Waals surface area contributed by atoms with E-state index in [2.05, 4.69) is 17.4 Å². The summed E-state index contributed by atoms with van der Waals surface area (Å²) < 4.78 is 0. The molecule has 2 rings (SSSR count). The van der Waals surface area contributed by atoms with Crippen molar-refractivity contribution in [3.63, 3.8) is 0 Å². The Morgan fingerprint density at radius 1 is 1.28 bits per heavy atom. The second-order valence-electron chi connectivity index (χ2n) is 5.33. The standard InChI is InChI=1S/C15H22N2O/c16-15(10-5-11-15)12-17-14(18)9-4-8-13-6-2-1-3-7-13/h1-3,6-7H,4-5,8-12,16H2,(H,17,18). The largest absolute Gasteiger partial charge is 0.354 e. The molecule has 3 nitrogen and oxygen atoms in total. The normalized spacial score (nSPS) is 16.9. The molecule has 3 heteroatoms. The predicted octanol–water partition coefficient (Wildman–Crippen LogP) is 2.01. The van der Waals surface area contributed by atoms with Gasteiger partial charge in [0.1, 0.15) is 0 Å². The lowest BCUT2D eigenvalue weighted by atomic mass is 9.78. The molecule has 1 aromatic carbocycles. The maximum Gasteiger partial charge on any atom is 0.220 e.